The molecule has 1 aromatic rings. The van der Waals surface area contributed by atoms with Crippen molar-refractivity contribution in [3.63, 3.8) is 0 Å². The van der Waals surface area contributed by atoms with Crippen molar-refractivity contribution in [3.8, 4) is 5.75 Å². The van der Waals surface area contributed by atoms with Crippen molar-refractivity contribution in [1.29, 1.82) is 0 Å². The standard InChI is InChI=1S/C11H18N2O2/c1-15-5-4-8-2-3-11(14)9(6-8)10(13)7-12/h2-3,6,10,14H,4-5,7,12-13H2,1H3/t10-/m0/s1. The van der Waals surface area contributed by atoms with E-state index in [1.165, 1.54) is 0 Å². The number of ether oxygens (including phenoxy) is 1. The molecule has 0 amide bonds. The summed E-state index contributed by atoms with van der Waals surface area (Å²) in [5.41, 5.74) is 13.0. The van der Waals surface area contributed by atoms with Crippen LogP contribution < -0.4 is 11.5 Å². The Labute approximate surface area is 89.8 Å². The molecule has 5 N–H and O–H groups in total. The third-order valence-corrected chi connectivity index (χ3v) is 2.34. The second-order valence-corrected chi connectivity index (χ2v) is 3.48. The number of methoxy groups -OCH3 is 1. The monoisotopic (exact) mass is 210 g/mol. The van der Waals surface area contributed by atoms with Crippen LogP contribution in [0.15, 0.2) is 18.2 Å². The average Bonchev–Trinajstić information content (AvgIpc) is 2.27. The highest BCUT2D eigenvalue weighted by molar-refractivity contribution is 5.38. The van der Waals surface area contributed by atoms with Gasteiger partial charge in [0.15, 0.2) is 0 Å². The zero-order valence-electron chi connectivity index (χ0n) is 8.94. The van der Waals surface area contributed by atoms with Crippen LogP contribution in [0.3, 0.4) is 0 Å². The molecule has 0 fully saturated rings. The van der Waals surface area contributed by atoms with Crippen molar-refractivity contribution >= 4 is 0 Å². The van der Waals surface area contributed by atoms with Crippen LogP contribution in [-0.4, -0.2) is 25.4 Å². The summed E-state index contributed by atoms with van der Waals surface area (Å²) in [5, 5.41) is 9.60. The number of benzene rings is 1. The summed E-state index contributed by atoms with van der Waals surface area (Å²) in [7, 11) is 1.66. The SMILES string of the molecule is COCCc1ccc(O)c([C@@H](N)CN)c1. The number of hydrogen-bond acceptors (Lipinski definition) is 4. The van der Waals surface area contributed by atoms with Gasteiger partial charge in [0, 0.05) is 25.3 Å². The molecule has 0 bridgehead atoms. The number of nitrogens with two attached hydrogens (primary N) is 2. The third-order valence-electron chi connectivity index (χ3n) is 2.34. The Morgan fingerprint density at radius 3 is 2.80 bits per heavy atom. The van der Waals surface area contributed by atoms with Crippen molar-refractivity contribution in [2.75, 3.05) is 20.3 Å². The highest BCUT2D eigenvalue weighted by atomic mass is 16.5. The molecule has 0 aliphatic carbocycles. The number of hydrogen-bond donors (Lipinski definition) is 3. The molecule has 0 unspecified atom stereocenters. The lowest BCUT2D eigenvalue weighted by molar-refractivity contribution is 0.202. The zero-order valence-corrected chi connectivity index (χ0v) is 8.94. The van der Waals surface area contributed by atoms with Crippen LogP contribution in [-0.2, 0) is 11.2 Å². The van der Waals surface area contributed by atoms with Gasteiger partial charge in [-0.1, -0.05) is 12.1 Å². The van der Waals surface area contributed by atoms with Gasteiger partial charge >= 0.3 is 0 Å². The fraction of sp³-hybridized carbons (Fsp3) is 0.455. The number of phenolic OH excluding ortho intramolecular Hbond substituents is 1. The van der Waals surface area contributed by atoms with Crippen LogP contribution in [0.2, 0.25) is 0 Å². The molecule has 0 aliphatic rings. The van der Waals surface area contributed by atoms with E-state index >= 15 is 0 Å². The predicted octanol–water partition coefficient (Wildman–Crippen LogP) is 0.540. The fourth-order valence-corrected chi connectivity index (χ4v) is 1.40. The summed E-state index contributed by atoms with van der Waals surface area (Å²) in [4.78, 5) is 0. The quantitative estimate of drug-likeness (QED) is 0.662. The van der Waals surface area contributed by atoms with Gasteiger partial charge < -0.3 is 21.3 Å². The molecule has 1 rings (SSSR count). The minimum atomic E-state index is -0.313. The van der Waals surface area contributed by atoms with E-state index in [0.717, 1.165) is 12.0 Å². The Hall–Kier alpha value is -1.10. The van der Waals surface area contributed by atoms with Crippen molar-refractivity contribution in [2.24, 2.45) is 11.5 Å². The van der Waals surface area contributed by atoms with E-state index in [0.29, 0.717) is 18.7 Å². The Bertz CT molecular complexity index is 315. The lowest BCUT2D eigenvalue weighted by Crippen LogP contribution is -2.21. The van der Waals surface area contributed by atoms with E-state index in [-0.39, 0.29) is 11.8 Å². The first-order valence-corrected chi connectivity index (χ1v) is 4.95. The largest absolute Gasteiger partial charge is 0.508 e. The molecule has 4 heteroatoms. The maximum atomic E-state index is 9.60. The van der Waals surface area contributed by atoms with Crippen LogP contribution in [0.25, 0.3) is 0 Å². The van der Waals surface area contributed by atoms with Gasteiger partial charge in [-0.2, -0.15) is 0 Å². The van der Waals surface area contributed by atoms with Crippen molar-refractivity contribution in [3.05, 3.63) is 29.3 Å². The molecule has 1 atom stereocenters. The summed E-state index contributed by atoms with van der Waals surface area (Å²) in [6, 6.07) is 5.08. The average molecular weight is 210 g/mol. The van der Waals surface area contributed by atoms with E-state index in [4.69, 9.17) is 16.2 Å². The molecular formula is C11H18N2O2. The number of aromatic hydroxyl groups is 1. The molecule has 0 aromatic heterocycles. The summed E-state index contributed by atoms with van der Waals surface area (Å²) in [5.74, 6) is 0.203. The third kappa shape index (κ3) is 3.20. The molecule has 0 aliphatic heterocycles. The zero-order chi connectivity index (χ0) is 11.3. The van der Waals surface area contributed by atoms with E-state index in [9.17, 15) is 5.11 Å². The second kappa shape index (κ2) is 5.70. The van der Waals surface area contributed by atoms with Gasteiger partial charge in [-0.15, -0.1) is 0 Å². The summed E-state index contributed by atoms with van der Waals surface area (Å²) >= 11 is 0. The normalized spacial score (nSPS) is 12.7. The van der Waals surface area contributed by atoms with Gasteiger partial charge in [-0.3, -0.25) is 0 Å². The predicted molar refractivity (Wildman–Crippen MR) is 59.7 cm³/mol. The molecule has 84 valence electrons. The lowest BCUT2D eigenvalue weighted by Gasteiger charge is -2.12. The molecule has 0 heterocycles. The highest BCUT2D eigenvalue weighted by Crippen LogP contribution is 2.23. The van der Waals surface area contributed by atoms with Crippen molar-refractivity contribution in [2.45, 2.75) is 12.5 Å². The Morgan fingerprint density at radius 1 is 1.47 bits per heavy atom. The first-order valence-electron chi connectivity index (χ1n) is 4.95. The van der Waals surface area contributed by atoms with E-state index < -0.39 is 0 Å². The topological polar surface area (TPSA) is 81.5 Å². The van der Waals surface area contributed by atoms with Gasteiger partial charge in [-0.05, 0) is 18.1 Å². The molecular weight excluding hydrogens is 192 g/mol. The van der Waals surface area contributed by atoms with Gasteiger partial charge in [-0.25, -0.2) is 0 Å². The van der Waals surface area contributed by atoms with Crippen LogP contribution in [0.1, 0.15) is 17.2 Å². The van der Waals surface area contributed by atoms with E-state index in [2.05, 4.69) is 0 Å². The maximum absolute atomic E-state index is 9.60. The van der Waals surface area contributed by atoms with Crippen molar-refractivity contribution < 1.29 is 9.84 Å². The fourth-order valence-electron chi connectivity index (χ4n) is 1.40. The van der Waals surface area contributed by atoms with Crippen LogP contribution >= 0.6 is 0 Å². The summed E-state index contributed by atoms with van der Waals surface area (Å²) < 4.78 is 4.98. The first-order chi connectivity index (χ1) is 7.19. The molecule has 0 spiro atoms. The van der Waals surface area contributed by atoms with Crippen LogP contribution in [0, 0.1) is 0 Å². The maximum Gasteiger partial charge on any atom is 0.120 e. The first kappa shape index (κ1) is 12.0. The minimum absolute atomic E-state index is 0.203. The van der Waals surface area contributed by atoms with Crippen molar-refractivity contribution in [1.82, 2.24) is 0 Å². The number of phenols is 1. The summed E-state index contributed by atoms with van der Waals surface area (Å²) in [6.07, 6.45) is 0.807. The van der Waals surface area contributed by atoms with E-state index in [1.807, 2.05) is 12.1 Å². The van der Waals surface area contributed by atoms with E-state index in [1.54, 1.807) is 13.2 Å². The van der Waals surface area contributed by atoms with Crippen LogP contribution in [0.5, 0.6) is 5.75 Å². The number of rotatable bonds is 5. The van der Waals surface area contributed by atoms with Gasteiger partial charge in [0.1, 0.15) is 5.75 Å². The lowest BCUT2D eigenvalue weighted by atomic mass is 10.0. The Balaban J connectivity index is 2.84. The highest BCUT2D eigenvalue weighted by Gasteiger charge is 2.09. The molecule has 0 saturated carbocycles. The minimum Gasteiger partial charge on any atom is -0.508 e. The molecule has 0 radical (unpaired) electrons. The molecule has 1 aromatic carbocycles. The van der Waals surface area contributed by atoms with Gasteiger partial charge in [0.25, 0.3) is 0 Å². The Kier molecular flexibility index (Phi) is 4.55. The molecule has 4 nitrogen and oxygen atoms in total. The van der Waals surface area contributed by atoms with Gasteiger partial charge in [0.2, 0.25) is 0 Å². The Morgan fingerprint density at radius 2 is 2.20 bits per heavy atom. The smallest absolute Gasteiger partial charge is 0.120 e. The van der Waals surface area contributed by atoms with Gasteiger partial charge in [0.05, 0.1) is 6.61 Å². The molecule has 0 saturated heterocycles. The molecule has 15 heavy (non-hydrogen) atoms. The summed E-state index contributed by atoms with van der Waals surface area (Å²) in [6.45, 7) is 0.976. The van der Waals surface area contributed by atoms with Crippen LogP contribution in [0.4, 0.5) is 0 Å². The second-order valence-electron chi connectivity index (χ2n) is 3.48.